The van der Waals surface area contributed by atoms with E-state index < -0.39 is 11.9 Å². The highest BCUT2D eigenvalue weighted by atomic mass is 16.5. The van der Waals surface area contributed by atoms with Gasteiger partial charge >= 0.3 is 5.97 Å². The number of rotatable bonds is 5. The van der Waals surface area contributed by atoms with E-state index in [-0.39, 0.29) is 25.5 Å². The zero-order chi connectivity index (χ0) is 15.7. The van der Waals surface area contributed by atoms with Crippen LogP contribution in [-0.2, 0) is 9.53 Å². The highest BCUT2D eigenvalue weighted by Crippen LogP contribution is 2.08. The number of nitrogens with zero attached hydrogens (tertiary/aromatic N) is 2. The third-order valence-corrected chi connectivity index (χ3v) is 2.61. The highest BCUT2D eigenvalue weighted by Gasteiger charge is 2.21. The smallest absolute Gasteiger partial charge is 0.325 e. The summed E-state index contributed by atoms with van der Waals surface area (Å²) in [5, 5.41) is 8.74. The first-order valence-electron chi connectivity index (χ1n) is 6.63. The maximum Gasteiger partial charge on any atom is 0.325 e. The minimum atomic E-state index is -0.466. The van der Waals surface area contributed by atoms with Crippen molar-refractivity contribution in [3.05, 3.63) is 29.6 Å². The molecule has 112 valence electrons. The summed E-state index contributed by atoms with van der Waals surface area (Å²) in [6.07, 6.45) is 1.48. The minimum Gasteiger partial charge on any atom is -0.465 e. The molecule has 0 aliphatic carbocycles. The minimum absolute atomic E-state index is 0.132. The molecule has 0 spiro atoms. The fourth-order valence-corrected chi connectivity index (χ4v) is 1.65. The van der Waals surface area contributed by atoms with Gasteiger partial charge in [0.25, 0.3) is 5.91 Å². The van der Waals surface area contributed by atoms with Crippen molar-refractivity contribution in [1.82, 2.24) is 9.88 Å². The quantitative estimate of drug-likeness (QED) is 0.629. The van der Waals surface area contributed by atoms with Gasteiger partial charge in [0.15, 0.2) is 0 Å². The fraction of sp³-hybridized carbons (Fsp3) is 0.400. The Kier molecular flexibility index (Phi) is 6.92. The van der Waals surface area contributed by atoms with Gasteiger partial charge in [-0.1, -0.05) is 11.8 Å². The van der Waals surface area contributed by atoms with Crippen LogP contribution in [0.3, 0.4) is 0 Å². The van der Waals surface area contributed by atoms with E-state index in [0.29, 0.717) is 12.1 Å². The van der Waals surface area contributed by atoms with Crippen molar-refractivity contribution < 1.29 is 19.4 Å². The van der Waals surface area contributed by atoms with Crippen molar-refractivity contribution >= 4 is 11.9 Å². The molecule has 0 radical (unpaired) electrons. The van der Waals surface area contributed by atoms with Gasteiger partial charge in [-0.3, -0.25) is 9.59 Å². The Hall–Kier alpha value is -2.39. The molecular weight excluding hydrogens is 272 g/mol. The molecule has 6 nitrogen and oxygen atoms in total. The van der Waals surface area contributed by atoms with E-state index in [0.717, 1.165) is 0 Å². The number of aromatic nitrogens is 1. The monoisotopic (exact) mass is 290 g/mol. The van der Waals surface area contributed by atoms with Crippen molar-refractivity contribution in [2.24, 2.45) is 0 Å². The Morgan fingerprint density at radius 1 is 1.43 bits per heavy atom. The van der Waals surface area contributed by atoms with Gasteiger partial charge in [0.2, 0.25) is 0 Å². The molecule has 0 aliphatic heterocycles. The van der Waals surface area contributed by atoms with Crippen LogP contribution in [0.4, 0.5) is 0 Å². The molecule has 1 rings (SSSR count). The van der Waals surface area contributed by atoms with Gasteiger partial charge in [0.05, 0.1) is 12.2 Å². The van der Waals surface area contributed by atoms with Gasteiger partial charge in [0.1, 0.15) is 18.8 Å². The molecule has 0 unspecified atom stereocenters. The first-order valence-corrected chi connectivity index (χ1v) is 6.63. The number of aliphatic hydroxyl groups excluding tert-OH is 1. The van der Waals surface area contributed by atoms with Gasteiger partial charge in [-0.15, -0.1) is 0 Å². The predicted octanol–water partition coefficient (Wildman–Crippen LogP) is 0.451. The number of aliphatic hydroxyl groups is 1. The van der Waals surface area contributed by atoms with Crippen LogP contribution in [0.15, 0.2) is 18.3 Å². The Balaban J connectivity index is 2.97. The van der Waals surface area contributed by atoms with Crippen LogP contribution in [0, 0.1) is 11.8 Å². The number of likely N-dealkylation sites (N-methyl/N-ethyl adjacent to an activating group) is 1. The second kappa shape index (κ2) is 8.72. The Morgan fingerprint density at radius 2 is 2.19 bits per heavy atom. The molecule has 0 aromatic carbocycles. The standard InChI is InChI=1S/C15H18N2O4/c1-3-17(11-13(19)21-4-2)15(20)14-12(8-6-10-18)7-5-9-16-14/h5,7,9,18H,3-4,10-11H2,1-2H3. The van der Waals surface area contributed by atoms with Gasteiger partial charge in [0, 0.05) is 12.7 Å². The zero-order valence-electron chi connectivity index (χ0n) is 12.1. The number of esters is 1. The topological polar surface area (TPSA) is 79.7 Å². The van der Waals surface area contributed by atoms with Gasteiger partial charge in [-0.05, 0) is 26.0 Å². The first-order chi connectivity index (χ1) is 10.1. The van der Waals surface area contributed by atoms with E-state index >= 15 is 0 Å². The first kappa shape index (κ1) is 16.7. The summed E-state index contributed by atoms with van der Waals surface area (Å²) in [6.45, 7) is 3.65. The maximum atomic E-state index is 12.4. The van der Waals surface area contributed by atoms with Crippen molar-refractivity contribution in [1.29, 1.82) is 0 Å². The average Bonchev–Trinajstić information content (AvgIpc) is 2.50. The maximum absolute atomic E-state index is 12.4. The Labute approximate surface area is 123 Å². The molecule has 1 amide bonds. The van der Waals surface area contributed by atoms with E-state index in [1.54, 1.807) is 26.0 Å². The molecule has 0 aliphatic rings. The Bertz CT molecular complexity index is 560. The van der Waals surface area contributed by atoms with Crippen LogP contribution in [-0.4, -0.2) is 53.2 Å². The second-order valence-corrected chi connectivity index (χ2v) is 3.98. The van der Waals surface area contributed by atoms with Crippen LogP contribution >= 0.6 is 0 Å². The number of hydrogen-bond donors (Lipinski definition) is 1. The van der Waals surface area contributed by atoms with Crippen molar-refractivity contribution in [2.45, 2.75) is 13.8 Å². The number of hydrogen-bond acceptors (Lipinski definition) is 5. The summed E-state index contributed by atoms with van der Waals surface area (Å²) in [5.74, 6) is 4.30. The molecule has 0 saturated carbocycles. The number of carbonyl (C=O) groups excluding carboxylic acids is 2. The lowest BCUT2D eigenvalue weighted by atomic mass is 10.1. The van der Waals surface area contributed by atoms with Crippen molar-refractivity contribution in [2.75, 3.05) is 26.3 Å². The molecule has 6 heteroatoms. The molecule has 0 fully saturated rings. The SMILES string of the molecule is CCOC(=O)CN(CC)C(=O)c1ncccc1C#CCO. The average molecular weight is 290 g/mol. The molecule has 0 saturated heterocycles. The van der Waals surface area contributed by atoms with Gasteiger partial charge in [-0.2, -0.15) is 0 Å². The lowest BCUT2D eigenvalue weighted by Gasteiger charge is -2.19. The number of ether oxygens (including phenoxy) is 1. The van der Waals surface area contributed by atoms with Crippen LogP contribution in [0.1, 0.15) is 29.9 Å². The third kappa shape index (κ3) is 4.89. The number of amides is 1. The van der Waals surface area contributed by atoms with E-state index in [2.05, 4.69) is 16.8 Å². The van der Waals surface area contributed by atoms with E-state index in [1.807, 2.05) is 0 Å². The molecule has 1 heterocycles. The summed E-state index contributed by atoms with van der Waals surface area (Å²) in [7, 11) is 0. The summed E-state index contributed by atoms with van der Waals surface area (Å²) < 4.78 is 4.84. The molecular formula is C15H18N2O4. The summed E-state index contributed by atoms with van der Waals surface area (Å²) in [4.78, 5) is 29.3. The van der Waals surface area contributed by atoms with Gasteiger partial charge in [-0.25, -0.2) is 4.98 Å². The summed E-state index contributed by atoms with van der Waals surface area (Å²) >= 11 is 0. The molecule has 21 heavy (non-hydrogen) atoms. The van der Waals surface area contributed by atoms with E-state index in [1.165, 1.54) is 11.1 Å². The van der Waals surface area contributed by atoms with Crippen LogP contribution in [0.2, 0.25) is 0 Å². The lowest BCUT2D eigenvalue weighted by Crippen LogP contribution is -2.37. The zero-order valence-corrected chi connectivity index (χ0v) is 12.1. The predicted molar refractivity (Wildman–Crippen MR) is 76.4 cm³/mol. The number of pyridine rings is 1. The lowest BCUT2D eigenvalue weighted by molar-refractivity contribution is -0.143. The van der Waals surface area contributed by atoms with Crippen molar-refractivity contribution in [3.63, 3.8) is 0 Å². The van der Waals surface area contributed by atoms with E-state index in [9.17, 15) is 9.59 Å². The third-order valence-electron chi connectivity index (χ3n) is 2.61. The van der Waals surface area contributed by atoms with Crippen LogP contribution in [0.5, 0.6) is 0 Å². The summed E-state index contributed by atoms with van der Waals surface area (Å²) in [6, 6.07) is 3.29. The molecule has 1 aromatic rings. The second-order valence-electron chi connectivity index (χ2n) is 3.98. The summed E-state index contributed by atoms with van der Waals surface area (Å²) in [5.41, 5.74) is 0.573. The van der Waals surface area contributed by atoms with Crippen LogP contribution in [0.25, 0.3) is 0 Å². The van der Waals surface area contributed by atoms with Crippen molar-refractivity contribution in [3.8, 4) is 11.8 Å². The highest BCUT2D eigenvalue weighted by molar-refractivity contribution is 5.96. The van der Waals surface area contributed by atoms with E-state index in [4.69, 9.17) is 9.84 Å². The number of carbonyl (C=O) groups is 2. The molecule has 0 bridgehead atoms. The molecule has 0 atom stereocenters. The largest absolute Gasteiger partial charge is 0.465 e. The molecule has 1 aromatic heterocycles. The van der Waals surface area contributed by atoms with Crippen LogP contribution < -0.4 is 0 Å². The molecule has 1 N–H and O–H groups in total. The normalized spacial score (nSPS) is 9.48. The van der Waals surface area contributed by atoms with Gasteiger partial charge < -0.3 is 14.7 Å². The Morgan fingerprint density at radius 3 is 2.81 bits per heavy atom. The fourth-order valence-electron chi connectivity index (χ4n) is 1.65.